The standard InChI is InChI=1S/C19H23NO3S/c1-4-5-14(3)20-17(21)12-23-19(22)18-16(10-11-24-18)15-8-6-13(2)7-9-15/h6-11,14H,4-5,12H2,1-3H3,(H,20,21)/t14-/m1/s1. The normalized spacial score (nSPS) is 11.8. The predicted molar refractivity (Wildman–Crippen MR) is 97.3 cm³/mol. The maximum absolute atomic E-state index is 12.3. The summed E-state index contributed by atoms with van der Waals surface area (Å²) in [5, 5.41) is 4.68. The number of hydrogen-bond donors (Lipinski definition) is 1. The molecule has 0 unspecified atom stereocenters. The molecule has 0 fully saturated rings. The fraction of sp³-hybridized carbons (Fsp3) is 0.368. The van der Waals surface area contributed by atoms with E-state index in [1.165, 1.54) is 11.3 Å². The van der Waals surface area contributed by atoms with Crippen molar-refractivity contribution in [1.29, 1.82) is 0 Å². The second-order valence-electron chi connectivity index (χ2n) is 5.86. The van der Waals surface area contributed by atoms with E-state index in [1.54, 1.807) is 0 Å². The molecular formula is C19H23NO3S. The van der Waals surface area contributed by atoms with E-state index in [1.807, 2.05) is 49.6 Å². The number of rotatable bonds is 7. The average molecular weight is 345 g/mol. The summed E-state index contributed by atoms with van der Waals surface area (Å²) in [6.07, 6.45) is 1.90. The molecule has 2 aromatic rings. The van der Waals surface area contributed by atoms with E-state index in [0.717, 1.165) is 29.5 Å². The minimum atomic E-state index is -0.459. The van der Waals surface area contributed by atoms with Crippen LogP contribution >= 0.6 is 11.3 Å². The highest BCUT2D eigenvalue weighted by atomic mass is 32.1. The first kappa shape index (κ1) is 18.2. The van der Waals surface area contributed by atoms with Crippen molar-refractivity contribution in [2.75, 3.05) is 6.61 Å². The molecule has 128 valence electrons. The second-order valence-corrected chi connectivity index (χ2v) is 6.78. The molecule has 0 aliphatic heterocycles. The Hall–Kier alpha value is -2.14. The Morgan fingerprint density at radius 3 is 2.58 bits per heavy atom. The smallest absolute Gasteiger partial charge is 0.349 e. The lowest BCUT2D eigenvalue weighted by Crippen LogP contribution is -2.35. The minimum absolute atomic E-state index is 0.0889. The first-order valence-corrected chi connectivity index (χ1v) is 9.00. The molecule has 0 radical (unpaired) electrons. The topological polar surface area (TPSA) is 55.4 Å². The van der Waals surface area contributed by atoms with Crippen LogP contribution in [-0.4, -0.2) is 24.5 Å². The van der Waals surface area contributed by atoms with Gasteiger partial charge in [-0.3, -0.25) is 4.79 Å². The van der Waals surface area contributed by atoms with Crippen LogP contribution in [0.25, 0.3) is 11.1 Å². The molecule has 0 bridgehead atoms. The highest BCUT2D eigenvalue weighted by Crippen LogP contribution is 2.29. The maximum Gasteiger partial charge on any atom is 0.349 e. The zero-order chi connectivity index (χ0) is 17.5. The van der Waals surface area contributed by atoms with E-state index in [4.69, 9.17) is 4.74 Å². The van der Waals surface area contributed by atoms with E-state index in [2.05, 4.69) is 12.2 Å². The van der Waals surface area contributed by atoms with E-state index in [9.17, 15) is 9.59 Å². The van der Waals surface area contributed by atoms with E-state index < -0.39 is 5.97 Å². The third-order valence-electron chi connectivity index (χ3n) is 3.68. The van der Waals surface area contributed by atoms with Crippen LogP contribution in [-0.2, 0) is 9.53 Å². The minimum Gasteiger partial charge on any atom is -0.451 e. The quantitative estimate of drug-likeness (QED) is 0.766. The Labute approximate surface area is 146 Å². The zero-order valence-corrected chi connectivity index (χ0v) is 15.1. The predicted octanol–water partition coefficient (Wildman–Crippen LogP) is 4.19. The molecule has 0 saturated heterocycles. The SMILES string of the molecule is CCC[C@@H](C)NC(=O)COC(=O)c1sccc1-c1ccc(C)cc1. The van der Waals surface area contributed by atoms with Gasteiger partial charge in [0.25, 0.3) is 5.91 Å². The first-order valence-electron chi connectivity index (χ1n) is 8.12. The third-order valence-corrected chi connectivity index (χ3v) is 4.57. The van der Waals surface area contributed by atoms with Crippen LogP contribution < -0.4 is 5.32 Å². The summed E-state index contributed by atoms with van der Waals surface area (Å²) in [6.45, 7) is 5.77. The number of nitrogens with one attached hydrogen (secondary N) is 1. The van der Waals surface area contributed by atoms with E-state index in [0.29, 0.717) is 4.88 Å². The van der Waals surface area contributed by atoms with Gasteiger partial charge in [0, 0.05) is 11.6 Å². The van der Waals surface area contributed by atoms with Crippen LogP contribution in [0.15, 0.2) is 35.7 Å². The Bertz CT molecular complexity index is 691. The highest BCUT2D eigenvalue weighted by molar-refractivity contribution is 7.12. The molecule has 1 N–H and O–H groups in total. The Kier molecular flexibility index (Phi) is 6.55. The van der Waals surface area contributed by atoms with Crippen molar-refractivity contribution < 1.29 is 14.3 Å². The summed E-state index contributed by atoms with van der Waals surface area (Å²) < 4.78 is 5.17. The lowest BCUT2D eigenvalue weighted by Gasteiger charge is -2.12. The van der Waals surface area contributed by atoms with Crippen molar-refractivity contribution in [2.24, 2.45) is 0 Å². The molecule has 0 spiro atoms. The number of carbonyl (C=O) groups is 2. The van der Waals surface area contributed by atoms with Crippen molar-refractivity contribution in [2.45, 2.75) is 39.7 Å². The van der Waals surface area contributed by atoms with E-state index >= 15 is 0 Å². The van der Waals surface area contributed by atoms with Gasteiger partial charge in [-0.1, -0.05) is 43.2 Å². The number of benzene rings is 1. The van der Waals surface area contributed by atoms with Crippen molar-refractivity contribution in [3.63, 3.8) is 0 Å². The van der Waals surface area contributed by atoms with Gasteiger partial charge in [-0.25, -0.2) is 4.79 Å². The van der Waals surface area contributed by atoms with Crippen LogP contribution in [0.5, 0.6) is 0 Å². The molecule has 5 heteroatoms. The average Bonchev–Trinajstić information content (AvgIpc) is 3.03. The van der Waals surface area contributed by atoms with Crippen LogP contribution in [0.3, 0.4) is 0 Å². The lowest BCUT2D eigenvalue weighted by atomic mass is 10.1. The van der Waals surface area contributed by atoms with Crippen molar-refractivity contribution in [3.8, 4) is 11.1 Å². The van der Waals surface area contributed by atoms with Gasteiger partial charge in [-0.05, 0) is 37.3 Å². The summed E-state index contributed by atoms with van der Waals surface area (Å²) in [5.74, 6) is -0.725. The molecule has 1 amide bonds. The van der Waals surface area contributed by atoms with Crippen LogP contribution in [0.4, 0.5) is 0 Å². The molecule has 0 aliphatic rings. The Balaban J connectivity index is 1.97. The van der Waals surface area contributed by atoms with Crippen molar-refractivity contribution in [3.05, 3.63) is 46.2 Å². The van der Waals surface area contributed by atoms with Gasteiger partial charge >= 0.3 is 5.97 Å². The monoisotopic (exact) mass is 345 g/mol. The van der Waals surface area contributed by atoms with Gasteiger partial charge in [0.2, 0.25) is 0 Å². The molecule has 24 heavy (non-hydrogen) atoms. The second kappa shape index (κ2) is 8.64. The van der Waals surface area contributed by atoms with Gasteiger partial charge in [0.15, 0.2) is 6.61 Å². The summed E-state index contributed by atoms with van der Waals surface area (Å²) in [4.78, 5) is 24.6. The first-order chi connectivity index (χ1) is 11.5. The number of hydrogen-bond acceptors (Lipinski definition) is 4. The maximum atomic E-state index is 12.3. The van der Waals surface area contributed by atoms with Crippen molar-refractivity contribution in [1.82, 2.24) is 5.32 Å². The lowest BCUT2D eigenvalue weighted by molar-refractivity contribution is -0.124. The number of aryl methyl sites for hydroxylation is 1. The van der Waals surface area contributed by atoms with Crippen LogP contribution in [0, 0.1) is 6.92 Å². The molecular weight excluding hydrogens is 322 g/mol. The molecule has 1 heterocycles. The number of carbonyl (C=O) groups excluding carboxylic acids is 2. The molecule has 0 saturated carbocycles. The van der Waals surface area contributed by atoms with E-state index in [-0.39, 0.29) is 18.6 Å². The van der Waals surface area contributed by atoms with Crippen LogP contribution in [0.2, 0.25) is 0 Å². The van der Waals surface area contributed by atoms with Gasteiger partial charge in [0.05, 0.1) is 0 Å². The van der Waals surface area contributed by atoms with Gasteiger partial charge in [0.1, 0.15) is 4.88 Å². The number of esters is 1. The van der Waals surface area contributed by atoms with Gasteiger partial charge in [-0.2, -0.15) is 0 Å². The highest BCUT2D eigenvalue weighted by Gasteiger charge is 2.17. The van der Waals surface area contributed by atoms with Crippen molar-refractivity contribution >= 4 is 23.2 Å². The molecule has 1 atom stereocenters. The summed E-state index contributed by atoms with van der Waals surface area (Å²) in [7, 11) is 0. The summed E-state index contributed by atoms with van der Waals surface area (Å²) in [6, 6.07) is 9.96. The van der Waals surface area contributed by atoms with Gasteiger partial charge in [-0.15, -0.1) is 11.3 Å². The number of ether oxygens (including phenoxy) is 1. The summed E-state index contributed by atoms with van der Waals surface area (Å²) >= 11 is 1.32. The fourth-order valence-corrected chi connectivity index (χ4v) is 3.25. The summed E-state index contributed by atoms with van der Waals surface area (Å²) in [5.41, 5.74) is 2.97. The Morgan fingerprint density at radius 2 is 1.92 bits per heavy atom. The molecule has 1 aromatic carbocycles. The molecule has 0 aliphatic carbocycles. The fourth-order valence-electron chi connectivity index (χ4n) is 2.45. The third kappa shape index (κ3) is 4.93. The zero-order valence-electron chi connectivity index (χ0n) is 14.3. The number of amides is 1. The van der Waals surface area contributed by atoms with Gasteiger partial charge < -0.3 is 10.1 Å². The number of thiophene rings is 1. The largest absolute Gasteiger partial charge is 0.451 e. The van der Waals surface area contributed by atoms with Crippen LogP contribution in [0.1, 0.15) is 41.9 Å². The molecule has 1 aromatic heterocycles. The molecule has 2 rings (SSSR count). The molecule has 4 nitrogen and oxygen atoms in total. The Morgan fingerprint density at radius 1 is 1.21 bits per heavy atom.